The van der Waals surface area contributed by atoms with Crippen LogP contribution >= 0.6 is 0 Å². The molecule has 1 aromatic rings. The number of hydrogen-bond acceptors (Lipinski definition) is 4. The van der Waals surface area contributed by atoms with Crippen molar-refractivity contribution in [2.75, 3.05) is 5.73 Å². The lowest BCUT2D eigenvalue weighted by atomic mass is 10.3. The van der Waals surface area contributed by atoms with Gasteiger partial charge in [0.15, 0.2) is 5.82 Å². The van der Waals surface area contributed by atoms with Gasteiger partial charge in [-0.05, 0) is 0 Å². The number of alkyl halides is 3. The first-order chi connectivity index (χ1) is 6.83. The molecule has 0 radical (unpaired) electrons. The van der Waals surface area contributed by atoms with Gasteiger partial charge in [0.1, 0.15) is 0 Å². The van der Waals surface area contributed by atoms with E-state index in [0.717, 1.165) is 0 Å². The number of ether oxygens (including phenoxy) is 1. The zero-order valence-electron chi connectivity index (χ0n) is 7.31. The van der Waals surface area contributed by atoms with Crippen LogP contribution in [0.3, 0.4) is 0 Å². The third kappa shape index (κ3) is 2.94. The molecule has 0 aromatic carbocycles. The lowest BCUT2D eigenvalue weighted by Gasteiger charge is -2.10. The second-order valence-corrected chi connectivity index (χ2v) is 2.56. The maximum atomic E-state index is 12.9. The van der Waals surface area contributed by atoms with Crippen LogP contribution in [-0.4, -0.2) is 11.3 Å². The van der Waals surface area contributed by atoms with Gasteiger partial charge in [0.05, 0.1) is 11.4 Å². The first-order valence-corrected chi connectivity index (χ1v) is 3.74. The summed E-state index contributed by atoms with van der Waals surface area (Å²) < 4.78 is 51.5. The molecule has 0 aliphatic heterocycles. The van der Waals surface area contributed by atoms with E-state index in [1.807, 2.05) is 0 Å². The molecule has 4 N–H and O–H groups in total. The Labute approximate surface area is 81.8 Å². The number of halogens is 4. The van der Waals surface area contributed by atoms with Gasteiger partial charge in [-0.3, -0.25) is 0 Å². The standard InChI is InChI=1S/C7H7F4N3O/c8-3-1-4(13)5(2-12)14-6(3)15-7(9,10)11/h1H,2,12-13H2. The molecule has 0 aliphatic carbocycles. The number of nitrogens with zero attached hydrogens (tertiary/aromatic N) is 1. The van der Waals surface area contributed by atoms with Crippen LogP contribution in [0.25, 0.3) is 0 Å². The highest BCUT2D eigenvalue weighted by atomic mass is 19.4. The predicted molar refractivity (Wildman–Crippen MR) is 43.2 cm³/mol. The van der Waals surface area contributed by atoms with Gasteiger partial charge in [-0.25, -0.2) is 9.37 Å². The smallest absolute Gasteiger partial charge is 0.397 e. The quantitative estimate of drug-likeness (QED) is 0.740. The molecule has 4 nitrogen and oxygen atoms in total. The molecule has 0 spiro atoms. The average molecular weight is 225 g/mol. The van der Waals surface area contributed by atoms with Crippen LogP contribution < -0.4 is 16.2 Å². The van der Waals surface area contributed by atoms with Gasteiger partial charge < -0.3 is 16.2 Å². The predicted octanol–water partition coefficient (Wildman–Crippen LogP) is 1.16. The molecule has 1 heterocycles. The van der Waals surface area contributed by atoms with Crippen LogP contribution in [0.4, 0.5) is 23.2 Å². The monoisotopic (exact) mass is 225 g/mol. The normalized spacial score (nSPS) is 11.5. The highest BCUT2D eigenvalue weighted by Crippen LogP contribution is 2.25. The molecule has 15 heavy (non-hydrogen) atoms. The van der Waals surface area contributed by atoms with Crippen molar-refractivity contribution in [3.05, 3.63) is 17.6 Å². The van der Waals surface area contributed by atoms with Crippen LogP contribution in [0.2, 0.25) is 0 Å². The van der Waals surface area contributed by atoms with Gasteiger partial charge in [-0.1, -0.05) is 0 Å². The Kier molecular flexibility index (Phi) is 2.98. The first kappa shape index (κ1) is 11.5. The average Bonchev–Trinajstić information content (AvgIpc) is 2.07. The topological polar surface area (TPSA) is 74.2 Å². The fourth-order valence-electron chi connectivity index (χ4n) is 0.867. The van der Waals surface area contributed by atoms with Gasteiger partial charge in [-0.15, -0.1) is 13.2 Å². The van der Waals surface area contributed by atoms with Crippen molar-refractivity contribution in [2.24, 2.45) is 5.73 Å². The Morgan fingerprint density at radius 2 is 2.00 bits per heavy atom. The highest BCUT2D eigenvalue weighted by molar-refractivity contribution is 5.45. The second-order valence-electron chi connectivity index (χ2n) is 2.56. The molecule has 0 unspecified atom stereocenters. The SMILES string of the molecule is NCc1nc(OC(F)(F)F)c(F)cc1N. The van der Waals surface area contributed by atoms with E-state index < -0.39 is 18.1 Å². The van der Waals surface area contributed by atoms with E-state index >= 15 is 0 Å². The Bertz CT molecular complexity index is 366. The minimum atomic E-state index is -5.00. The number of rotatable bonds is 2. The minimum absolute atomic E-state index is 0.0596. The van der Waals surface area contributed by atoms with Crippen molar-refractivity contribution in [1.29, 1.82) is 0 Å². The van der Waals surface area contributed by atoms with E-state index in [0.29, 0.717) is 6.07 Å². The molecule has 0 bridgehead atoms. The maximum absolute atomic E-state index is 12.9. The Hall–Kier alpha value is -1.57. The van der Waals surface area contributed by atoms with Crippen molar-refractivity contribution >= 4 is 5.69 Å². The summed E-state index contributed by atoms with van der Waals surface area (Å²) >= 11 is 0. The van der Waals surface area contributed by atoms with Crippen LogP contribution in [0.5, 0.6) is 5.88 Å². The Balaban J connectivity index is 3.08. The summed E-state index contributed by atoms with van der Waals surface area (Å²) in [6.45, 7) is -0.208. The summed E-state index contributed by atoms with van der Waals surface area (Å²) in [6.07, 6.45) is -5.00. The van der Waals surface area contributed by atoms with Gasteiger partial charge in [0, 0.05) is 12.6 Å². The van der Waals surface area contributed by atoms with Crippen LogP contribution in [0.1, 0.15) is 5.69 Å². The minimum Gasteiger partial charge on any atom is -0.397 e. The number of nitrogens with two attached hydrogens (primary N) is 2. The Morgan fingerprint density at radius 3 is 2.47 bits per heavy atom. The van der Waals surface area contributed by atoms with Crippen molar-refractivity contribution in [2.45, 2.75) is 12.9 Å². The van der Waals surface area contributed by atoms with Crippen molar-refractivity contribution in [1.82, 2.24) is 4.98 Å². The van der Waals surface area contributed by atoms with Crippen molar-refractivity contribution < 1.29 is 22.3 Å². The van der Waals surface area contributed by atoms with Gasteiger partial charge in [0.2, 0.25) is 0 Å². The van der Waals surface area contributed by atoms with Crippen molar-refractivity contribution in [3.8, 4) is 5.88 Å². The van der Waals surface area contributed by atoms with Gasteiger partial charge in [0.25, 0.3) is 5.88 Å². The van der Waals surface area contributed by atoms with E-state index in [2.05, 4.69) is 9.72 Å². The third-order valence-electron chi connectivity index (χ3n) is 1.46. The molecule has 0 aliphatic rings. The molecule has 1 aromatic heterocycles. The lowest BCUT2D eigenvalue weighted by Crippen LogP contribution is -2.20. The van der Waals surface area contributed by atoms with E-state index in [-0.39, 0.29) is 17.9 Å². The first-order valence-electron chi connectivity index (χ1n) is 3.74. The molecule has 0 saturated heterocycles. The maximum Gasteiger partial charge on any atom is 0.574 e. The fraction of sp³-hybridized carbons (Fsp3) is 0.286. The summed E-state index contributed by atoms with van der Waals surface area (Å²) in [5.74, 6) is -2.47. The fourth-order valence-corrected chi connectivity index (χ4v) is 0.867. The number of anilines is 1. The zero-order chi connectivity index (χ0) is 11.6. The van der Waals surface area contributed by atoms with E-state index in [4.69, 9.17) is 11.5 Å². The molecule has 0 amide bonds. The number of aromatic nitrogens is 1. The number of hydrogen-bond donors (Lipinski definition) is 2. The summed E-state index contributed by atoms with van der Waals surface area (Å²) in [6, 6.07) is 0.677. The van der Waals surface area contributed by atoms with E-state index in [1.54, 1.807) is 0 Å². The van der Waals surface area contributed by atoms with Gasteiger partial charge >= 0.3 is 6.36 Å². The van der Waals surface area contributed by atoms with Crippen LogP contribution in [-0.2, 0) is 6.54 Å². The molecule has 0 fully saturated rings. The van der Waals surface area contributed by atoms with Gasteiger partial charge in [-0.2, -0.15) is 0 Å². The molecular weight excluding hydrogens is 218 g/mol. The largest absolute Gasteiger partial charge is 0.574 e. The number of nitrogen functional groups attached to an aromatic ring is 1. The molecule has 84 valence electrons. The van der Waals surface area contributed by atoms with E-state index in [1.165, 1.54) is 0 Å². The lowest BCUT2D eigenvalue weighted by molar-refractivity contribution is -0.277. The van der Waals surface area contributed by atoms with Crippen LogP contribution in [0, 0.1) is 5.82 Å². The highest BCUT2D eigenvalue weighted by Gasteiger charge is 2.33. The number of pyridine rings is 1. The summed E-state index contributed by atoms with van der Waals surface area (Å²) in [7, 11) is 0. The summed E-state index contributed by atoms with van der Waals surface area (Å²) in [4.78, 5) is 3.21. The zero-order valence-corrected chi connectivity index (χ0v) is 7.31. The van der Waals surface area contributed by atoms with Crippen molar-refractivity contribution in [3.63, 3.8) is 0 Å². The molecule has 8 heteroatoms. The summed E-state index contributed by atoms with van der Waals surface area (Å²) in [5, 5.41) is 0. The summed E-state index contributed by atoms with van der Waals surface area (Å²) in [5.41, 5.74) is 10.2. The Morgan fingerprint density at radius 1 is 1.40 bits per heavy atom. The molecular formula is C7H7F4N3O. The second kappa shape index (κ2) is 3.89. The molecule has 0 atom stereocenters. The third-order valence-corrected chi connectivity index (χ3v) is 1.46. The molecule has 1 rings (SSSR count). The molecule has 0 saturated carbocycles. The van der Waals surface area contributed by atoms with Crippen LogP contribution in [0.15, 0.2) is 6.07 Å². The van der Waals surface area contributed by atoms with E-state index in [9.17, 15) is 17.6 Å².